The van der Waals surface area contributed by atoms with Gasteiger partial charge in [0.1, 0.15) is 6.17 Å². The predicted octanol–water partition coefficient (Wildman–Crippen LogP) is 5.59. The fraction of sp³-hybridized carbons (Fsp3) is 0.154. The molecule has 1 aromatic carbocycles. The van der Waals surface area contributed by atoms with Gasteiger partial charge in [0.15, 0.2) is 0 Å². The third-order valence-electron chi connectivity index (χ3n) is 2.60. The Morgan fingerprint density at radius 2 is 1.86 bits per heavy atom. The van der Waals surface area contributed by atoms with E-state index in [0.29, 0.717) is 15.6 Å². The van der Waals surface area contributed by atoms with E-state index in [1.165, 1.54) is 11.3 Å². The fourth-order valence-electron chi connectivity index (χ4n) is 1.58. The number of hydrogen-bond donors (Lipinski definition) is 2. The van der Waals surface area contributed by atoms with Gasteiger partial charge in [0, 0.05) is 0 Å². The molecule has 1 heterocycles. The molecule has 0 fully saturated rings. The number of carbonyl (C=O) groups excluding carboxylic acids is 1. The summed E-state index contributed by atoms with van der Waals surface area (Å²) in [6.45, 7) is 0. The van der Waals surface area contributed by atoms with Gasteiger partial charge in [-0.2, -0.15) is 0 Å². The smallest absolute Gasteiger partial charge is 0.263 e. The summed E-state index contributed by atoms with van der Waals surface area (Å²) in [6.07, 6.45) is -0.997. The van der Waals surface area contributed by atoms with Crippen LogP contribution >= 0.6 is 69.3 Å². The van der Waals surface area contributed by atoms with Crippen LogP contribution in [0, 0.1) is 0 Å². The van der Waals surface area contributed by atoms with Crippen molar-refractivity contribution in [3.63, 3.8) is 0 Å². The molecule has 2 rings (SSSR count). The van der Waals surface area contributed by atoms with Gasteiger partial charge in [-0.3, -0.25) is 4.79 Å². The summed E-state index contributed by atoms with van der Waals surface area (Å²) in [5.74, 6) is -0.364. The summed E-state index contributed by atoms with van der Waals surface area (Å²) < 4.78 is -1.79. The van der Waals surface area contributed by atoms with Gasteiger partial charge in [-0.15, -0.1) is 11.3 Å². The molecule has 1 atom stereocenters. The average molecular weight is 419 g/mol. The average Bonchev–Trinajstić information content (AvgIpc) is 2.96. The third kappa shape index (κ3) is 4.57. The molecule has 0 spiro atoms. The molecular weight excluding hydrogens is 409 g/mol. The van der Waals surface area contributed by atoms with Crippen LogP contribution in [0.3, 0.4) is 0 Å². The zero-order chi connectivity index (χ0) is 16.3. The number of alkyl halides is 3. The van der Waals surface area contributed by atoms with Crippen molar-refractivity contribution in [2.24, 2.45) is 0 Å². The van der Waals surface area contributed by atoms with Crippen LogP contribution in [-0.2, 0) is 0 Å². The molecule has 0 aliphatic heterocycles. The van der Waals surface area contributed by atoms with E-state index in [9.17, 15) is 4.79 Å². The molecule has 0 saturated carbocycles. The molecule has 0 radical (unpaired) electrons. The highest BCUT2D eigenvalue weighted by atomic mass is 35.6. The molecule has 1 aromatic heterocycles. The number of nitrogens with one attached hydrogen (secondary N) is 2. The Hall–Kier alpha value is -0.360. The van der Waals surface area contributed by atoms with Crippen LogP contribution in [0.1, 0.15) is 9.67 Å². The molecule has 118 valence electrons. The first kappa shape index (κ1) is 18.0. The van der Waals surface area contributed by atoms with Crippen molar-refractivity contribution < 1.29 is 4.79 Å². The summed E-state index contributed by atoms with van der Waals surface area (Å²) in [5.41, 5.74) is 0.442. The predicted molar refractivity (Wildman–Crippen MR) is 95.9 cm³/mol. The van der Waals surface area contributed by atoms with Gasteiger partial charge in [-0.25, -0.2) is 0 Å². The zero-order valence-corrected chi connectivity index (χ0v) is 15.3. The maximum Gasteiger partial charge on any atom is 0.263 e. The minimum atomic E-state index is -1.79. The fourth-order valence-corrected chi connectivity index (χ4v) is 2.89. The molecule has 0 unspecified atom stereocenters. The van der Waals surface area contributed by atoms with Crippen molar-refractivity contribution in [2.45, 2.75) is 9.96 Å². The van der Waals surface area contributed by atoms with Crippen LogP contribution in [0.25, 0.3) is 0 Å². The Kier molecular flexibility index (Phi) is 6.11. The number of amides is 1. The third-order valence-corrected chi connectivity index (χ3v) is 4.94. The highest BCUT2D eigenvalue weighted by molar-refractivity contribution is 7.12. The van der Waals surface area contributed by atoms with Crippen LogP contribution in [-0.4, -0.2) is 15.9 Å². The van der Waals surface area contributed by atoms with E-state index in [0.717, 1.165) is 0 Å². The molecular formula is C13H9Cl5N2OS. The SMILES string of the molecule is O=C(N[C@H](Nc1cccc(Cl)c1Cl)C(Cl)(Cl)Cl)c1cccs1. The van der Waals surface area contributed by atoms with Gasteiger partial charge in [0.05, 0.1) is 20.6 Å². The first-order valence-electron chi connectivity index (χ1n) is 5.90. The highest BCUT2D eigenvalue weighted by Gasteiger charge is 2.34. The van der Waals surface area contributed by atoms with E-state index < -0.39 is 9.96 Å². The quantitative estimate of drug-likeness (QED) is 0.502. The topological polar surface area (TPSA) is 41.1 Å². The Labute approximate surface area is 156 Å². The van der Waals surface area contributed by atoms with Crippen LogP contribution in [0.5, 0.6) is 0 Å². The van der Waals surface area contributed by atoms with Crippen molar-refractivity contribution in [1.82, 2.24) is 5.32 Å². The van der Waals surface area contributed by atoms with Crippen molar-refractivity contribution in [3.8, 4) is 0 Å². The van der Waals surface area contributed by atoms with Crippen LogP contribution in [0.2, 0.25) is 10.0 Å². The second-order valence-electron chi connectivity index (χ2n) is 4.17. The lowest BCUT2D eigenvalue weighted by Gasteiger charge is -2.27. The maximum atomic E-state index is 12.1. The Morgan fingerprint density at radius 1 is 1.14 bits per heavy atom. The largest absolute Gasteiger partial charge is 0.361 e. The van der Waals surface area contributed by atoms with Crippen molar-refractivity contribution in [3.05, 3.63) is 50.6 Å². The van der Waals surface area contributed by atoms with Gasteiger partial charge in [-0.05, 0) is 23.6 Å². The van der Waals surface area contributed by atoms with E-state index in [1.807, 2.05) is 0 Å². The Bertz CT molecular complexity index is 657. The van der Waals surface area contributed by atoms with Gasteiger partial charge >= 0.3 is 0 Å². The van der Waals surface area contributed by atoms with Crippen LogP contribution < -0.4 is 10.6 Å². The van der Waals surface area contributed by atoms with Gasteiger partial charge in [0.25, 0.3) is 5.91 Å². The van der Waals surface area contributed by atoms with Crippen LogP contribution in [0.15, 0.2) is 35.7 Å². The zero-order valence-electron chi connectivity index (χ0n) is 10.7. The van der Waals surface area contributed by atoms with E-state index in [2.05, 4.69) is 10.6 Å². The van der Waals surface area contributed by atoms with E-state index in [4.69, 9.17) is 58.0 Å². The number of carbonyl (C=O) groups is 1. The summed E-state index contributed by atoms with van der Waals surface area (Å²) in [5, 5.41) is 7.90. The van der Waals surface area contributed by atoms with Crippen molar-refractivity contribution in [1.29, 1.82) is 0 Å². The first-order chi connectivity index (χ1) is 10.3. The summed E-state index contributed by atoms with van der Waals surface area (Å²) >= 11 is 31.1. The molecule has 0 aliphatic rings. The lowest BCUT2D eigenvalue weighted by atomic mass is 10.3. The van der Waals surface area contributed by atoms with Crippen molar-refractivity contribution >= 4 is 80.9 Å². The van der Waals surface area contributed by atoms with Gasteiger partial charge in [0.2, 0.25) is 3.79 Å². The number of hydrogen-bond acceptors (Lipinski definition) is 3. The highest BCUT2D eigenvalue weighted by Crippen LogP contribution is 2.35. The monoisotopic (exact) mass is 416 g/mol. The summed E-state index contributed by atoms with van der Waals surface area (Å²) in [7, 11) is 0. The molecule has 3 nitrogen and oxygen atoms in total. The molecule has 2 N–H and O–H groups in total. The second kappa shape index (κ2) is 7.47. The normalized spacial score (nSPS) is 12.8. The molecule has 0 aliphatic carbocycles. The molecule has 22 heavy (non-hydrogen) atoms. The minimum absolute atomic E-state index is 0.272. The summed E-state index contributed by atoms with van der Waals surface area (Å²) in [4.78, 5) is 12.6. The molecule has 0 saturated heterocycles. The Morgan fingerprint density at radius 3 is 2.45 bits per heavy atom. The van der Waals surface area contributed by atoms with Gasteiger partial charge < -0.3 is 10.6 Å². The number of anilines is 1. The van der Waals surface area contributed by atoms with E-state index in [1.54, 1.807) is 35.7 Å². The maximum absolute atomic E-state index is 12.1. The number of benzene rings is 1. The van der Waals surface area contributed by atoms with Crippen LogP contribution in [0.4, 0.5) is 5.69 Å². The van der Waals surface area contributed by atoms with Gasteiger partial charge in [-0.1, -0.05) is 70.1 Å². The molecule has 0 bridgehead atoms. The second-order valence-corrected chi connectivity index (χ2v) is 8.27. The molecule has 9 heteroatoms. The first-order valence-corrected chi connectivity index (χ1v) is 8.67. The standard InChI is InChI=1S/C13H9Cl5N2OS/c14-7-3-1-4-8(10(7)15)19-12(13(16,17)18)20-11(21)9-5-2-6-22-9/h1-6,12,19H,(H,20,21)/t12-/m0/s1. The molecule has 1 amide bonds. The molecule has 2 aromatic rings. The number of rotatable bonds is 4. The number of thiophene rings is 1. The summed E-state index contributed by atoms with van der Waals surface area (Å²) in [6, 6.07) is 8.40. The lowest BCUT2D eigenvalue weighted by Crippen LogP contribution is -2.49. The Balaban J connectivity index is 2.20. The van der Waals surface area contributed by atoms with Crippen molar-refractivity contribution in [2.75, 3.05) is 5.32 Å². The van der Waals surface area contributed by atoms with E-state index in [-0.39, 0.29) is 10.9 Å². The minimum Gasteiger partial charge on any atom is -0.361 e. The van der Waals surface area contributed by atoms with E-state index >= 15 is 0 Å². The number of halogens is 5. The lowest BCUT2D eigenvalue weighted by molar-refractivity contribution is 0.0946.